The van der Waals surface area contributed by atoms with Crippen LogP contribution in [0.25, 0.3) is 11.1 Å². The van der Waals surface area contributed by atoms with Gasteiger partial charge in [0.1, 0.15) is 5.82 Å². The van der Waals surface area contributed by atoms with E-state index in [0.29, 0.717) is 6.54 Å². The van der Waals surface area contributed by atoms with Crippen molar-refractivity contribution in [3.63, 3.8) is 0 Å². The molecule has 0 saturated carbocycles. The van der Waals surface area contributed by atoms with Crippen LogP contribution in [0.4, 0.5) is 4.39 Å². The summed E-state index contributed by atoms with van der Waals surface area (Å²) in [6.45, 7) is 4.28. The highest BCUT2D eigenvalue weighted by atomic mass is 19.1. The van der Waals surface area contributed by atoms with Crippen LogP contribution in [-0.2, 0) is 4.79 Å². The Hall–Kier alpha value is -2.43. The number of halogens is 1. The first-order valence-corrected chi connectivity index (χ1v) is 7.43. The van der Waals surface area contributed by atoms with Crippen LogP contribution in [-0.4, -0.2) is 27.5 Å². The van der Waals surface area contributed by atoms with Crippen molar-refractivity contribution < 1.29 is 9.18 Å². The molecule has 3 rings (SSSR count). The average molecular weight is 299 g/mol. The maximum absolute atomic E-state index is 13.5. The molecule has 1 saturated heterocycles. The summed E-state index contributed by atoms with van der Waals surface area (Å²) in [5, 5.41) is 7.11. The topological polar surface area (TPSA) is 49.0 Å². The summed E-state index contributed by atoms with van der Waals surface area (Å²) in [5.41, 5.74) is 2.47. The maximum atomic E-state index is 13.5. The van der Waals surface area contributed by atoms with Gasteiger partial charge in [0.25, 0.3) is 0 Å². The number of H-pyrrole nitrogens is 1. The number of benzene rings is 1. The summed E-state index contributed by atoms with van der Waals surface area (Å²) in [5.74, 6) is -0.364. The van der Waals surface area contributed by atoms with Crippen LogP contribution >= 0.6 is 0 Å². The number of hydrogen-bond donors (Lipinski definition) is 1. The van der Waals surface area contributed by atoms with E-state index in [-0.39, 0.29) is 17.8 Å². The van der Waals surface area contributed by atoms with Crippen LogP contribution in [0.15, 0.2) is 43.1 Å². The molecule has 0 bridgehead atoms. The van der Waals surface area contributed by atoms with Crippen LogP contribution < -0.4 is 0 Å². The lowest BCUT2D eigenvalue weighted by Crippen LogP contribution is -2.37. The number of aromatic nitrogens is 2. The number of nitrogens with one attached hydrogen (secondary N) is 1. The SMILES string of the molecule is C=CC(=O)N1CCCCC1c1[nH]ncc1-c1cccc(F)c1. The first-order chi connectivity index (χ1) is 10.7. The van der Waals surface area contributed by atoms with Gasteiger partial charge in [-0.3, -0.25) is 9.89 Å². The van der Waals surface area contributed by atoms with Crippen molar-refractivity contribution in [1.82, 2.24) is 15.1 Å². The van der Waals surface area contributed by atoms with Crippen LogP contribution in [0.5, 0.6) is 0 Å². The summed E-state index contributed by atoms with van der Waals surface area (Å²) in [6.07, 6.45) is 5.93. The minimum absolute atomic E-state index is 0.0694. The molecule has 0 radical (unpaired) electrons. The summed E-state index contributed by atoms with van der Waals surface area (Å²) >= 11 is 0. The molecular weight excluding hydrogens is 281 g/mol. The van der Waals surface area contributed by atoms with Crippen LogP contribution in [0.2, 0.25) is 0 Å². The maximum Gasteiger partial charge on any atom is 0.246 e. The van der Waals surface area contributed by atoms with E-state index < -0.39 is 0 Å². The zero-order chi connectivity index (χ0) is 15.5. The van der Waals surface area contributed by atoms with Gasteiger partial charge in [0.05, 0.1) is 17.9 Å². The molecule has 2 heterocycles. The van der Waals surface area contributed by atoms with E-state index in [4.69, 9.17) is 0 Å². The predicted octanol–water partition coefficient (Wildman–Crippen LogP) is 3.46. The third-order valence-corrected chi connectivity index (χ3v) is 4.10. The van der Waals surface area contributed by atoms with Gasteiger partial charge >= 0.3 is 0 Å². The molecular formula is C17H18FN3O. The van der Waals surface area contributed by atoms with Gasteiger partial charge in [-0.1, -0.05) is 18.7 Å². The van der Waals surface area contributed by atoms with Crippen molar-refractivity contribution in [2.24, 2.45) is 0 Å². The molecule has 0 aliphatic carbocycles. The van der Waals surface area contributed by atoms with Gasteiger partial charge in [0.15, 0.2) is 0 Å². The summed E-state index contributed by atoms with van der Waals surface area (Å²) in [4.78, 5) is 13.9. The normalized spacial score (nSPS) is 18.2. The Labute approximate surface area is 128 Å². The van der Waals surface area contributed by atoms with Gasteiger partial charge in [-0.25, -0.2) is 4.39 Å². The van der Waals surface area contributed by atoms with E-state index in [2.05, 4.69) is 16.8 Å². The molecule has 2 aromatic rings. The monoisotopic (exact) mass is 299 g/mol. The zero-order valence-corrected chi connectivity index (χ0v) is 12.3. The first-order valence-electron chi connectivity index (χ1n) is 7.43. The highest BCUT2D eigenvalue weighted by Crippen LogP contribution is 2.35. The predicted molar refractivity (Wildman–Crippen MR) is 82.5 cm³/mol. The molecule has 114 valence electrons. The Morgan fingerprint density at radius 3 is 3.09 bits per heavy atom. The second-order valence-electron chi connectivity index (χ2n) is 5.46. The van der Waals surface area contributed by atoms with E-state index >= 15 is 0 Å². The van der Waals surface area contributed by atoms with Gasteiger partial charge in [-0.2, -0.15) is 5.10 Å². The molecule has 1 amide bonds. The number of amides is 1. The Kier molecular flexibility index (Phi) is 4.04. The summed E-state index contributed by atoms with van der Waals surface area (Å²) in [7, 11) is 0. The van der Waals surface area contributed by atoms with Gasteiger partial charge < -0.3 is 4.90 Å². The standard InChI is InChI=1S/C17H18FN3O/c1-2-16(22)21-9-4-3-8-15(21)17-14(11-19-20-17)12-6-5-7-13(18)10-12/h2,5-7,10-11,15H,1,3-4,8-9H2,(H,19,20). The Balaban J connectivity index is 1.99. The van der Waals surface area contributed by atoms with Gasteiger partial charge in [-0.15, -0.1) is 0 Å². The Morgan fingerprint density at radius 2 is 2.32 bits per heavy atom. The van der Waals surface area contributed by atoms with Crippen molar-refractivity contribution in [3.8, 4) is 11.1 Å². The summed E-state index contributed by atoms with van der Waals surface area (Å²) in [6, 6.07) is 6.35. The average Bonchev–Trinajstić information content (AvgIpc) is 3.03. The number of likely N-dealkylation sites (tertiary alicyclic amines) is 1. The van der Waals surface area contributed by atoms with Crippen molar-refractivity contribution in [3.05, 3.63) is 54.6 Å². The highest BCUT2D eigenvalue weighted by molar-refractivity contribution is 5.87. The highest BCUT2D eigenvalue weighted by Gasteiger charge is 2.29. The van der Waals surface area contributed by atoms with E-state index in [1.165, 1.54) is 18.2 Å². The number of nitrogens with zero attached hydrogens (tertiary/aromatic N) is 2. The second-order valence-corrected chi connectivity index (χ2v) is 5.46. The number of aromatic amines is 1. The molecule has 1 fully saturated rings. The molecule has 4 nitrogen and oxygen atoms in total. The van der Waals surface area contributed by atoms with Crippen molar-refractivity contribution in [2.45, 2.75) is 25.3 Å². The van der Waals surface area contributed by atoms with Gasteiger partial charge in [-0.05, 0) is 43.0 Å². The van der Waals surface area contributed by atoms with Crippen molar-refractivity contribution >= 4 is 5.91 Å². The largest absolute Gasteiger partial charge is 0.331 e. The molecule has 1 unspecified atom stereocenters. The molecule has 1 N–H and O–H groups in total. The lowest BCUT2D eigenvalue weighted by molar-refractivity contribution is -0.129. The Morgan fingerprint density at radius 1 is 1.45 bits per heavy atom. The number of hydrogen-bond acceptors (Lipinski definition) is 2. The fraction of sp³-hybridized carbons (Fsp3) is 0.294. The van der Waals surface area contributed by atoms with E-state index in [1.54, 1.807) is 12.3 Å². The smallest absolute Gasteiger partial charge is 0.246 e. The minimum atomic E-state index is -0.285. The van der Waals surface area contributed by atoms with E-state index in [1.807, 2.05) is 11.0 Å². The third-order valence-electron chi connectivity index (χ3n) is 4.10. The minimum Gasteiger partial charge on any atom is -0.331 e. The number of carbonyl (C=O) groups excluding carboxylic acids is 1. The third kappa shape index (κ3) is 2.66. The lowest BCUT2D eigenvalue weighted by Gasteiger charge is -2.35. The number of rotatable bonds is 3. The van der Waals surface area contributed by atoms with E-state index in [9.17, 15) is 9.18 Å². The summed E-state index contributed by atoms with van der Waals surface area (Å²) < 4.78 is 13.5. The second kappa shape index (κ2) is 6.13. The van der Waals surface area contributed by atoms with Crippen LogP contribution in [0.1, 0.15) is 31.0 Å². The zero-order valence-electron chi connectivity index (χ0n) is 12.3. The quantitative estimate of drug-likeness (QED) is 0.882. The van der Waals surface area contributed by atoms with Crippen molar-refractivity contribution in [1.29, 1.82) is 0 Å². The first kappa shape index (κ1) is 14.5. The molecule has 1 aliphatic rings. The molecule has 1 aromatic heterocycles. The fourth-order valence-corrected chi connectivity index (χ4v) is 3.05. The lowest BCUT2D eigenvalue weighted by atomic mass is 9.94. The molecule has 22 heavy (non-hydrogen) atoms. The van der Waals surface area contributed by atoms with Gasteiger partial charge in [0.2, 0.25) is 5.91 Å². The molecule has 1 aliphatic heterocycles. The molecule has 1 atom stereocenters. The Bertz CT molecular complexity index is 695. The van der Waals surface area contributed by atoms with Crippen LogP contribution in [0.3, 0.4) is 0 Å². The number of piperidine rings is 1. The van der Waals surface area contributed by atoms with Gasteiger partial charge in [0, 0.05) is 12.1 Å². The number of carbonyl (C=O) groups is 1. The molecule has 1 aromatic carbocycles. The molecule has 5 heteroatoms. The molecule has 0 spiro atoms. The fourth-order valence-electron chi connectivity index (χ4n) is 3.05. The van der Waals surface area contributed by atoms with Crippen molar-refractivity contribution in [2.75, 3.05) is 6.54 Å². The van der Waals surface area contributed by atoms with Crippen LogP contribution in [0, 0.1) is 5.82 Å². The van der Waals surface area contributed by atoms with E-state index in [0.717, 1.165) is 36.1 Å².